The molecule has 0 radical (unpaired) electrons. The Hall–Kier alpha value is -1.15. The van der Waals surface area contributed by atoms with Crippen LogP contribution in [0.25, 0.3) is 0 Å². The van der Waals surface area contributed by atoms with Crippen LogP contribution < -0.4 is 5.32 Å². The van der Waals surface area contributed by atoms with E-state index in [-0.39, 0.29) is 19.8 Å². The van der Waals surface area contributed by atoms with Crippen LogP contribution in [0, 0.1) is 0 Å². The summed E-state index contributed by atoms with van der Waals surface area (Å²) in [6, 6.07) is 3.62. The highest BCUT2D eigenvalue weighted by Crippen LogP contribution is 2.29. The van der Waals surface area contributed by atoms with E-state index in [0.29, 0.717) is 5.56 Å². The second-order valence-electron chi connectivity index (χ2n) is 4.11. The van der Waals surface area contributed by atoms with Gasteiger partial charge >= 0.3 is 6.18 Å². The van der Waals surface area contributed by atoms with Crippen molar-refractivity contribution in [3.63, 3.8) is 0 Å². The molecule has 0 amide bonds. The normalized spacial score (nSPS) is 13.8. The van der Waals surface area contributed by atoms with Gasteiger partial charge in [0.2, 0.25) is 0 Å². The van der Waals surface area contributed by atoms with E-state index in [1.54, 1.807) is 0 Å². The molecule has 19 heavy (non-hydrogen) atoms. The van der Waals surface area contributed by atoms with Gasteiger partial charge in [-0.05, 0) is 17.7 Å². The molecule has 1 rings (SSSR count). The van der Waals surface area contributed by atoms with Crippen LogP contribution in [0.4, 0.5) is 13.2 Å². The van der Waals surface area contributed by atoms with E-state index in [2.05, 4.69) is 5.32 Å². The summed E-state index contributed by atoms with van der Waals surface area (Å²) in [5.74, 6) is 0. The van der Waals surface area contributed by atoms with Crippen LogP contribution in [0.1, 0.15) is 17.2 Å². The maximum atomic E-state index is 12.3. The molecule has 1 aromatic rings. The number of rotatable bonds is 6. The van der Waals surface area contributed by atoms with Gasteiger partial charge in [-0.15, -0.1) is 0 Å². The van der Waals surface area contributed by atoms with Crippen molar-refractivity contribution in [1.29, 1.82) is 0 Å². The first-order valence-electron chi connectivity index (χ1n) is 5.68. The fourth-order valence-corrected chi connectivity index (χ4v) is 1.48. The van der Waals surface area contributed by atoms with Crippen LogP contribution in [-0.4, -0.2) is 41.1 Å². The predicted octanol–water partition coefficient (Wildman–Crippen LogP) is 0.682. The summed E-state index contributed by atoms with van der Waals surface area (Å²) < 4.78 is 37.0. The number of aliphatic hydroxyl groups excluding tert-OH is 3. The topological polar surface area (TPSA) is 72.7 Å². The number of halogens is 3. The molecule has 0 fully saturated rings. The molecule has 4 N–H and O–H groups in total. The van der Waals surface area contributed by atoms with Crippen molar-refractivity contribution >= 4 is 0 Å². The van der Waals surface area contributed by atoms with E-state index in [0.717, 1.165) is 12.1 Å². The summed E-state index contributed by atoms with van der Waals surface area (Å²) in [4.78, 5) is 0. The Morgan fingerprint density at radius 3 is 2.00 bits per heavy atom. The Morgan fingerprint density at radius 1 is 1.05 bits per heavy atom. The monoisotopic (exact) mass is 279 g/mol. The van der Waals surface area contributed by atoms with Crippen molar-refractivity contribution < 1.29 is 28.5 Å². The standard InChI is InChI=1S/C12H16F3NO3/c13-12(14,15)9-3-1-8(2-4-9)11(19)5-16-10(6-17)7-18/h1-4,10-11,16-19H,5-7H2. The van der Waals surface area contributed by atoms with Gasteiger partial charge in [0.15, 0.2) is 0 Å². The Morgan fingerprint density at radius 2 is 1.58 bits per heavy atom. The molecular formula is C12H16F3NO3. The Labute approximate surface area is 108 Å². The van der Waals surface area contributed by atoms with Gasteiger partial charge < -0.3 is 20.6 Å². The van der Waals surface area contributed by atoms with Crippen LogP contribution >= 0.6 is 0 Å². The second kappa shape index (κ2) is 6.85. The van der Waals surface area contributed by atoms with Gasteiger partial charge in [-0.25, -0.2) is 0 Å². The third-order valence-corrected chi connectivity index (χ3v) is 2.66. The Balaban J connectivity index is 2.60. The fourth-order valence-electron chi connectivity index (χ4n) is 1.48. The Bertz CT molecular complexity index is 377. The molecule has 0 saturated carbocycles. The van der Waals surface area contributed by atoms with Crippen molar-refractivity contribution in [2.45, 2.75) is 18.3 Å². The van der Waals surface area contributed by atoms with Crippen molar-refractivity contribution in [1.82, 2.24) is 5.32 Å². The second-order valence-corrected chi connectivity index (χ2v) is 4.11. The van der Waals surface area contributed by atoms with E-state index in [4.69, 9.17) is 10.2 Å². The molecule has 1 atom stereocenters. The highest BCUT2D eigenvalue weighted by molar-refractivity contribution is 5.26. The van der Waals surface area contributed by atoms with Crippen LogP contribution in [0.15, 0.2) is 24.3 Å². The molecule has 4 nitrogen and oxygen atoms in total. The fraction of sp³-hybridized carbons (Fsp3) is 0.500. The lowest BCUT2D eigenvalue weighted by molar-refractivity contribution is -0.137. The molecule has 108 valence electrons. The van der Waals surface area contributed by atoms with Crippen molar-refractivity contribution in [2.24, 2.45) is 0 Å². The van der Waals surface area contributed by atoms with E-state index >= 15 is 0 Å². The lowest BCUT2D eigenvalue weighted by Gasteiger charge is -2.17. The quantitative estimate of drug-likeness (QED) is 0.618. The average Bonchev–Trinajstić information content (AvgIpc) is 2.39. The van der Waals surface area contributed by atoms with E-state index in [9.17, 15) is 18.3 Å². The molecule has 0 bridgehead atoms. The van der Waals surface area contributed by atoms with Crippen LogP contribution in [0.5, 0.6) is 0 Å². The van der Waals surface area contributed by atoms with Crippen molar-refractivity contribution in [3.05, 3.63) is 35.4 Å². The first kappa shape index (κ1) is 15.9. The zero-order valence-electron chi connectivity index (χ0n) is 10.1. The maximum absolute atomic E-state index is 12.3. The highest BCUT2D eigenvalue weighted by atomic mass is 19.4. The summed E-state index contributed by atoms with van der Waals surface area (Å²) in [5.41, 5.74) is -0.449. The van der Waals surface area contributed by atoms with Gasteiger partial charge in [0.25, 0.3) is 0 Å². The Kier molecular flexibility index (Phi) is 5.74. The minimum absolute atomic E-state index is 0.0250. The molecule has 1 unspecified atom stereocenters. The van der Waals surface area contributed by atoms with Gasteiger partial charge in [-0.3, -0.25) is 0 Å². The summed E-state index contributed by atoms with van der Waals surface area (Å²) in [6.07, 6.45) is -5.41. The minimum Gasteiger partial charge on any atom is -0.395 e. The summed E-state index contributed by atoms with van der Waals surface area (Å²) >= 11 is 0. The molecular weight excluding hydrogens is 263 g/mol. The lowest BCUT2D eigenvalue weighted by Crippen LogP contribution is -2.38. The molecule has 0 aromatic heterocycles. The van der Waals surface area contributed by atoms with Crippen LogP contribution in [0.3, 0.4) is 0 Å². The van der Waals surface area contributed by atoms with Gasteiger partial charge in [0, 0.05) is 6.54 Å². The number of aliphatic hydroxyl groups is 3. The zero-order valence-corrected chi connectivity index (χ0v) is 10.1. The number of hydrogen-bond acceptors (Lipinski definition) is 4. The lowest BCUT2D eigenvalue weighted by atomic mass is 10.1. The number of nitrogens with one attached hydrogen (secondary N) is 1. The molecule has 0 aliphatic heterocycles. The van der Waals surface area contributed by atoms with E-state index < -0.39 is 23.9 Å². The summed E-state index contributed by atoms with van der Waals surface area (Å²) in [6.45, 7) is -0.566. The third-order valence-electron chi connectivity index (χ3n) is 2.66. The molecule has 0 heterocycles. The molecule has 0 saturated heterocycles. The minimum atomic E-state index is -4.40. The molecule has 0 spiro atoms. The first-order valence-corrected chi connectivity index (χ1v) is 5.68. The van der Waals surface area contributed by atoms with Gasteiger partial charge in [0.05, 0.1) is 30.9 Å². The first-order chi connectivity index (χ1) is 8.88. The molecule has 0 aliphatic carbocycles. The van der Waals surface area contributed by atoms with Gasteiger partial charge in [-0.2, -0.15) is 13.2 Å². The molecule has 0 aliphatic rings. The van der Waals surface area contributed by atoms with Crippen molar-refractivity contribution in [3.8, 4) is 0 Å². The zero-order chi connectivity index (χ0) is 14.5. The average molecular weight is 279 g/mol. The highest BCUT2D eigenvalue weighted by Gasteiger charge is 2.30. The number of alkyl halides is 3. The number of benzene rings is 1. The van der Waals surface area contributed by atoms with Gasteiger partial charge in [0.1, 0.15) is 0 Å². The van der Waals surface area contributed by atoms with E-state index in [1.165, 1.54) is 12.1 Å². The predicted molar refractivity (Wildman–Crippen MR) is 62.4 cm³/mol. The summed E-state index contributed by atoms with van der Waals surface area (Å²) in [7, 11) is 0. The largest absolute Gasteiger partial charge is 0.416 e. The SMILES string of the molecule is OCC(CO)NCC(O)c1ccc(C(F)(F)F)cc1. The number of hydrogen-bond donors (Lipinski definition) is 4. The van der Waals surface area contributed by atoms with Gasteiger partial charge in [-0.1, -0.05) is 12.1 Å². The van der Waals surface area contributed by atoms with E-state index in [1.807, 2.05) is 0 Å². The molecule has 1 aromatic carbocycles. The molecule has 7 heteroatoms. The smallest absolute Gasteiger partial charge is 0.395 e. The van der Waals surface area contributed by atoms with Crippen LogP contribution in [-0.2, 0) is 6.18 Å². The summed E-state index contributed by atoms with van der Waals surface area (Å²) in [5, 5.41) is 30.0. The van der Waals surface area contributed by atoms with Crippen LogP contribution in [0.2, 0.25) is 0 Å². The van der Waals surface area contributed by atoms with Crippen molar-refractivity contribution in [2.75, 3.05) is 19.8 Å². The third kappa shape index (κ3) is 4.79. The maximum Gasteiger partial charge on any atom is 0.416 e.